The minimum Gasteiger partial charge on any atom is -0.492 e. The first-order chi connectivity index (χ1) is 9.78. The zero-order chi connectivity index (χ0) is 13.9. The Morgan fingerprint density at radius 1 is 1.25 bits per heavy atom. The average molecular weight is 261 g/mol. The summed E-state index contributed by atoms with van der Waals surface area (Å²) in [5, 5.41) is 9.49. The van der Waals surface area contributed by atoms with E-state index in [4.69, 9.17) is 4.74 Å². The molecule has 3 rings (SSSR count). The van der Waals surface area contributed by atoms with Gasteiger partial charge in [-0.2, -0.15) is 5.26 Å². The summed E-state index contributed by atoms with van der Waals surface area (Å²) in [5.41, 5.74) is 4.95. The van der Waals surface area contributed by atoms with Gasteiger partial charge in [-0.25, -0.2) is 0 Å². The highest BCUT2D eigenvalue weighted by atomic mass is 16.5. The average Bonchev–Trinajstić information content (AvgIpc) is 2.93. The molecule has 1 heterocycles. The van der Waals surface area contributed by atoms with Crippen LogP contribution in [0, 0.1) is 18.3 Å². The van der Waals surface area contributed by atoms with Crippen molar-refractivity contribution in [3.63, 3.8) is 0 Å². The zero-order valence-corrected chi connectivity index (χ0v) is 11.4. The van der Waals surface area contributed by atoms with Gasteiger partial charge in [-0.3, -0.25) is 0 Å². The lowest BCUT2D eigenvalue weighted by molar-refractivity contribution is 0.356. The molecule has 0 radical (unpaired) electrons. The SMILES string of the molecule is Cc1cc2c(c(/C(C#N)=C/c3ccccc3)c1)OCC2. The molecule has 2 aromatic carbocycles. The number of fused-ring (bicyclic) bond motifs is 1. The molecule has 0 atom stereocenters. The van der Waals surface area contributed by atoms with Crippen molar-refractivity contribution in [2.45, 2.75) is 13.3 Å². The summed E-state index contributed by atoms with van der Waals surface area (Å²) in [6.45, 7) is 2.76. The van der Waals surface area contributed by atoms with Gasteiger partial charge in [0, 0.05) is 12.0 Å². The maximum absolute atomic E-state index is 9.49. The fourth-order valence-electron chi connectivity index (χ4n) is 2.55. The number of benzene rings is 2. The number of nitriles is 1. The summed E-state index contributed by atoms with van der Waals surface area (Å²) in [5.74, 6) is 0.874. The van der Waals surface area contributed by atoms with E-state index in [0.717, 1.165) is 23.3 Å². The quantitative estimate of drug-likeness (QED) is 0.605. The summed E-state index contributed by atoms with van der Waals surface area (Å²) < 4.78 is 5.71. The minimum absolute atomic E-state index is 0.651. The smallest absolute Gasteiger partial charge is 0.131 e. The lowest BCUT2D eigenvalue weighted by atomic mass is 9.97. The van der Waals surface area contributed by atoms with Crippen molar-refractivity contribution in [3.8, 4) is 11.8 Å². The molecule has 2 nitrogen and oxygen atoms in total. The van der Waals surface area contributed by atoms with Gasteiger partial charge in [0.1, 0.15) is 5.75 Å². The Labute approximate surface area is 118 Å². The van der Waals surface area contributed by atoms with Crippen LogP contribution in [0.4, 0.5) is 0 Å². The van der Waals surface area contributed by atoms with Crippen molar-refractivity contribution in [1.29, 1.82) is 5.26 Å². The molecule has 0 amide bonds. The summed E-state index contributed by atoms with van der Waals surface area (Å²) in [7, 11) is 0. The molecule has 0 saturated heterocycles. The monoisotopic (exact) mass is 261 g/mol. The maximum atomic E-state index is 9.49. The number of aryl methyl sites for hydroxylation is 1. The number of rotatable bonds is 2. The third-order valence-electron chi connectivity index (χ3n) is 3.45. The van der Waals surface area contributed by atoms with E-state index >= 15 is 0 Å². The third-order valence-corrected chi connectivity index (χ3v) is 3.45. The van der Waals surface area contributed by atoms with Crippen LogP contribution in [-0.4, -0.2) is 6.61 Å². The molecule has 1 aliphatic heterocycles. The second kappa shape index (κ2) is 5.22. The van der Waals surface area contributed by atoms with Crippen LogP contribution in [0.5, 0.6) is 5.75 Å². The third kappa shape index (κ3) is 2.31. The van der Waals surface area contributed by atoms with Crippen molar-refractivity contribution in [2.24, 2.45) is 0 Å². The van der Waals surface area contributed by atoms with Crippen LogP contribution < -0.4 is 4.74 Å². The standard InChI is InChI=1S/C18H15NO/c1-13-9-15-7-8-20-18(15)17(10-13)16(12-19)11-14-5-3-2-4-6-14/h2-6,9-11H,7-8H2,1H3/b16-11+. The molecular weight excluding hydrogens is 246 g/mol. The van der Waals surface area contributed by atoms with Gasteiger partial charge in [0.05, 0.1) is 18.2 Å². The van der Waals surface area contributed by atoms with Crippen LogP contribution in [0.2, 0.25) is 0 Å². The molecule has 0 spiro atoms. The Morgan fingerprint density at radius 2 is 2.05 bits per heavy atom. The Balaban J connectivity index is 2.12. The highest BCUT2D eigenvalue weighted by Crippen LogP contribution is 2.35. The van der Waals surface area contributed by atoms with Gasteiger partial charge < -0.3 is 4.74 Å². The minimum atomic E-state index is 0.651. The molecule has 20 heavy (non-hydrogen) atoms. The van der Waals surface area contributed by atoms with Crippen LogP contribution in [0.15, 0.2) is 42.5 Å². The molecule has 0 aromatic heterocycles. The van der Waals surface area contributed by atoms with Gasteiger partial charge >= 0.3 is 0 Å². The number of ether oxygens (including phenoxy) is 1. The summed E-state index contributed by atoms with van der Waals surface area (Å²) >= 11 is 0. The maximum Gasteiger partial charge on any atom is 0.131 e. The van der Waals surface area contributed by atoms with Crippen molar-refractivity contribution in [1.82, 2.24) is 0 Å². The van der Waals surface area contributed by atoms with Crippen LogP contribution in [0.3, 0.4) is 0 Å². The second-order valence-electron chi connectivity index (χ2n) is 4.98. The van der Waals surface area contributed by atoms with Crippen molar-refractivity contribution in [2.75, 3.05) is 6.61 Å². The topological polar surface area (TPSA) is 33.0 Å². The van der Waals surface area contributed by atoms with E-state index in [1.807, 2.05) is 42.5 Å². The van der Waals surface area contributed by atoms with Gasteiger partial charge in [-0.05, 0) is 35.8 Å². The fourth-order valence-corrected chi connectivity index (χ4v) is 2.55. The van der Waals surface area contributed by atoms with E-state index in [0.29, 0.717) is 12.2 Å². The Kier molecular flexibility index (Phi) is 3.26. The van der Waals surface area contributed by atoms with Crippen LogP contribution in [0.1, 0.15) is 22.3 Å². The summed E-state index contributed by atoms with van der Waals surface area (Å²) in [6, 6.07) is 16.4. The van der Waals surface area contributed by atoms with Gasteiger partial charge in [0.2, 0.25) is 0 Å². The highest BCUT2D eigenvalue weighted by Gasteiger charge is 2.19. The predicted octanol–water partition coefficient (Wildman–Crippen LogP) is 3.99. The molecule has 0 aliphatic carbocycles. The first kappa shape index (κ1) is 12.5. The van der Waals surface area contributed by atoms with Gasteiger partial charge in [-0.1, -0.05) is 36.4 Å². The van der Waals surface area contributed by atoms with Crippen LogP contribution in [-0.2, 0) is 6.42 Å². The van der Waals surface area contributed by atoms with Gasteiger partial charge in [0.15, 0.2) is 0 Å². The molecule has 1 aliphatic rings. The zero-order valence-electron chi connectivity index (χ0n) is 11.4. The fraction of sp³-hybridized carbons (Fsp3) is 0.167. The van der Waals surface area contributed by atoms with E-state index in [-0.39, 0.29) is 0 Å². The molecule has 2 aromatic rings. The largest absolute Gasteiger partial charge is 0.492 e. The first-order valence-electron chi connectivity index (χ1n) is 6.71. The van der Waals surface area contributed by atoms with E-state index in [9.17, 15) is 5.26 Å². The summed E-state index contributed by atoms with van der Waals surface area (Å²) in [4.78, 5) is 0. The lowest BCUT2D eigenvalue weighted by Gasteiger charge is -2.08. The van der Waals surface area contributed by atoms with Gasteiger partial charge in [-0.15, -0.1) is 0 Å². The lowest BCUT2D eigenvalue weighted by Crippen LogP contribution is -1.92. The van der Waals surface area contributed by atoms with Crippen LogP contribution >= 0.6 is 0 Å². The van der Waals surface area contributed by atoms with E-state index in [1.54, 1.807) is 0 Å². The van der Waals surface area contributed by atoms with E-state index in [1.165, 1.54) is 11.1 Å². The summed E-state index contributed by atoms with van der Waals surface area (Å²) in [6.07, 6.45) is 2.84. The number of allylic oxidation sites excluding steroid dienone is 1. The molecule has 0 N–H and O–H groups in total. The van der Waals surface area contributed by atoms with E-state index < -0.39 is 0 Å². The molecular formula is C18H15NO. The molecule has 98 valence electrons. The normalized spacial score (nSPS) is 13.5. The van der Waals surface area contributed by atoms with Crippen molar-refractivity contribution >= 4 is 11.6 Å². The molecule has 0 fully saturated rings. The van der Waals surface area contributed by atoms with Crippen molar-refractivity contribution in [3.05, 3.63) is 64.7 Å². The predicted molar refractivity (Wildman–Crippen MR) is 80.3 cm³/mol. The number of nitrogens with zero attached hydrogens (tertiary/aromatic N) is 1. The molecule has 0 bridgehead atoms. The molecule has 2 heteroatoms. The van der Waals surface area contributed by atoms with Gasteiger partial charge in [0.25, 0.3) is 0 Å². The number of hydrogen-bond acceptors (Lipinski definition) is 2. The van der Waals surface area contributed by atoms with Crippen molar-refractivity contribution < 1.29 is 4.74 Å². The Hall–Kier alpha value is -2.53. The highest BCUT2D eigenvalue weighted by molar-refractivity contribution is 5.92. The Bertz CT molecular complexity index is 708. The second-order valence-corrected chi connectivity index (χ2v) is 4.98. The van der Waals surface area contributed by atoms with Crippen LogP contribution in [0.25, 0.3) is 11.6 Å². The molecule has 0 unspecified atom stereocenters. The first-order valence-corrected chi connectivity index (χ1v) is 6.71. The van der Waals surface area contributed by atoms with E-state index in [2.05, 4.69) is 19.1 Å². The molecule has 0 saturated carbocycles. The number of hydrogen-bond donors (Lipinski definition) is 0. The Morgan fingerprint density at radius 3 is 2.80 bits per heavy atom.